The maximum atomic E-state index is 14.7. The molecule has 0 aliphatic carbocycles. The van der Waals surface area contributed by atoms with Gasteiger partial charge in [0.15, 0.2) is 6.10 Å². The standard InChI is InChI=1S/C32H30ClFN4O4/c33-21-5-6-24(25(34)15-21)29-16-35-27-3-1-2-23(31(27)42-29)19-8-11-37(12-9-19)18-30-36-26-7-4-20(32(39)40)14-28(26)38(30)17-22-10-13-41-22/h1-7,14-16,19,22,29H,8-13,17-18H2,(H,39,40)/t22-,29-/m0/s1. The Kier molecular flexibility index (Phi) is 7.17. The minimum Gasteiger partial charge on any atom is -0.478 e. The fraction of sp³-hybridized carbons (Fsp3) is 0.344. The van der Waals surface area contributed by atoms with Crippen LogP contribution in [-0.2, 0) is 17.8 Å². The first kappa shape index (κ1) is 27.1. The van der Waals surface area contributed by atoms with E-state index in [2.05, 4.69) is 20.5 Å². The van der Waals surface area contributed by atoms with E-state index in [1.807, 2.05) is 12.1 Å². The minimum atomic E-state index is -0.949. The minimum absolute atomic E-state index is 0.123. The van der Waals surface area contributed by atoms with Crippen molar-refractivity contribution in [2.45, 2.75) is 50.5 Å². The molecule has 1 N–H and O–H groups in total. The molecule has 0 bridgehead atoms. The molecular formula is C32H30ClFN4O4. The number of benzene rings is 3. The predicted molar refractivity (Wildman–Crippen MR) is 158 cm³/mol. The molecule has 4 heterocycles. The van der Waals surface area contributed by atoms with Crippen molar-refractivity contribution < 1.29 is 23.8 Å². The quantitative estimate of drug-likeness (QED) is 0.264. The second-order valence-electron chi connectivity index (χ2n) is 11.2. The van der Waals surface area contributed by atoms with Crippen molar-refractivity contribution in [2.24, 2.45) is 4.99 Å². The molecule has 2 fully saturated rings. The molecule has 0 radical (unpaired) electrons. The summed E-state index contributed by atoms with van der Waals surface area (Å²) in [4.78, 5) is 23.5. The lowest BCUT2D eigenvalue weighted by Crippen LogP contribution is -2.35. The molecule has 8 nitrogen and oxygen atoms in total. The number of aromatic carboxylic acids is 1. The van der Waals surface area contributed by atoms with Gasteiger partial charge < -0.3 is 19.1 Å². The normalized spacial score (nSPS) is 20.7. The molecule has 3 aromatic carbocycles. The molecule has 0 spiro atoms. The van der Waals surface area contributed by atoms with Crippen molar-refractivity contribution in [2.75, 3.05) is 19.7 Å². The summed E-state index contributed by atoms with van der Waals surface area (Å²) in [6, 6.07) is 15.7. The van der Waals surface area contributed by atoms with E-state index in [1.165, 1.54) is 6.07 Å². The van der Waals surface area contributed by atoms with Crippen LogP contribution in [0, 0.1) is 5.82 Å². The van der Waals surface area contributed by atoms with E-state index < -0.39 is 17.9 Å². The van der Waals surface area contributed by atoms with Gasteiger partial charge in [-0.1, -0.05) is 29.8 Å². The molecule has 2 saturated heterocycles. The molecule has 0 unspecified atom stereocenters. The summed E-state index contributed by atoms with van der Waals surface area (Å²) >= 11 is 5.95. The molecule has 7 rings (SSSR count). The zero-order valence-electron chi connectivity index (χ0n) is 22.9. The van der Waals surface area contributed by atoms with Gasteiger partial charge in [0, 0.05) is 17.2 Å². The average molecular weight is 589 g/mol. The van der Waals surface area contributed by atoms with Crippen LogP contribution in [0.25, 0.3) is 11.0 Å². The van der Waals surface area contributed by atoms with Crippen LogP contribution in [0.15, 0.2) is 59.6 Å². The van der Waals surface area contributed by atoms with Crippen LogP contribution in [0.4, 0.5) is 10.1 Å². The fourth-order valence-corrected chi connectivity index (χ4v) is 6.30. The first-order valence-corrected chi connectivity index (χ1v) is 14.7. The number of fused-ring (bicyclic) bond motifs is 2. The summed E-state index contributed by atoms with van der Waals surface area (Å²) in [5.41, 5.74) is 4.14. The molecule has 3 aliphatic rings. The van der Waals surface area contributed by atoms with E-state index in [1.54, 1.807) is 36.5 Å². The van der Waals surface area contributed by atoms with Gasteiger partial charge in [-0.15, -0.1) is 0 Å². The third kappa shape index (κ3) is 5.17. The van der Waals surface area contributed by atoms with Crippen LogP contribution in [0.3, 0.4) is 0 Å². The van der Waals surface area contributed by atoms with Crippen molar-refractivity contribution in [3.05, 3.63) is 88.0 Å². The largest absolute Gasteiger partial charge is 0.478 e. The van der Waals surface area contributed by atoms with Gasteiger partial charge in [-0.25, -0.2) is 14.2 Å². The van der Waals surface area contributed by atoms with E-state index in [0.29, 0.717) is 29.4 Å². The third-order valence-electron chi connectivity index (χ3n) is 8.53. The SMILES string of the molecule is O=C(O)c1ccc2nc(CN3CCC(c4cccc5c4O[C@H](c4ccc(Cl)cc4F)C=N5)CC3)n(C[C@@H]3CCO3)c2c1. The summed E-state index contributed by atoms with van der Waals surface area (Å²) in [6.45, 7) is 3.83. The highest BCUT2D eigenvalue weighted by Crippen LogP contribution is 2.44. The summed E-state index contributed by atoms with van der Waals surface area (Å²) in [6.07, 6.45) is 3.99. The molecule has 42 heavy (non-hydrogen) atoms. The number of aliphatic imine (C=N–C) groups is 1. The van der Waals surface area contributed by atoms with E-state index in [0.717, 1.165) is 67.1 Å². The highest BCUT2D eigenvalue weighted by atomic mass is 35.5. The predicted octanol–water partition coefficient (Wildman–Crippen LogP) is 6.53. The Balaban J connectivity index is 1.08. The van der Waals surface area contributed by atoms with Crippen LogP contribution < -0.4 is 4.74 Å². The number of carboxylic acid groups (broad SMARTS) is 1. The van der Waals surface area contributed by atoms with Crippen LogP contribution >= 0.6 is 11.6 Å². The number of carbonyl (C=O) groups is 1. The third-order valence-corrected chi connectivity index (χ3v) is 8.77. The van der Waals surface area contributed by atoms with Crippen molar-refractivity contribution in [1.29, 1.82) is 0 Å². The number of ether oxygens (including phenoxy) is 2. The van der Waals surface area contributed by atoms with Gasteiger partial charge in [-0.05, 0) is 80.2 Å². The highest BCUT2D eigenvalue weighted by Gasteiger charge is 2.30. The van der Waals surface area contributed by atoms with Gasteiger partial charge in [0.25, 0.3) is 0 Å². The molecule has 216 valence electrons. The van der Waals surface area contributed by atoms with Gasteiger partial charge >= 0.3 is 5.97 Å². The Bertz CT molecular complexity index is 1690. The van der Waals surface area contributed by atoms with Gasteiger partial charge in [0.1, 0.15) is 23.1 Å². The second kappa shape index (κ2) is 11.1. The van der Waals surface area contributed by atoms with Gasteiger partial charge in [-0.2, -0.15) is 0 Å². The number of rotatable bonds is 7. The van der Waals surface area contributed by atoms with Crippen molar-refractivity contribution >= 4 is 40.5 Å². The van der Waals surface area contributed by atoms with Gasteiger partial charge in [-0.3, -0.25) is 9.89 Å². The van der Waals surface area contributed by atoms with Crippen LogP contribution in [-0.4, -0.2) is 57.5 Å². The number of imidazole rings is 1. The number of para-hydroxylation sites is 1. The number of carboxylic acids is 1. The number of nitrogens with zero attached hydrogens (tertiary/aromatic N) is 4. The Morgan fingerprint density at radius 2 is 1.90 bits per heavy atom. The number of halogens is 2. The molecule has 0 amide bonds. The summed E-state index contributed by atoms with van der Waals surface area (Å²) in [5, 5.41) is 9.87. The molecule has 4 aromatic rings. The van der Waals surface area contributed by atoms with Gasteiger partial charge in [0.05, 0.1) is 42.0 Å². The summed E-state index contributed by atoms with van der Waals surface area (Å²) in [5.74, 6) is 0.553. The highest BCUT2D eigenvalue weighted by molar-refractivity contribution is 6.30. The van der Waals surface area contributed by atoms with Crippen molar-refractivity contribution in [1.82, 2.24) is 14.5 Å². The molecular weight excluding hydrogens is 559 g/mol. The van der Waals surface area contributed by atoms with E-state index >= 15 is 0 Å². The molecule has 1 aromatic heterocycles. The smallest absolute Gasteiger partial charge is 0.335 e. The topological polar surface area (TPSA) is 89.2 Å². The monoisotopic (exact) mass is 588 g/mol. The Labute approximate surface area is 247 Å². The van der Waals surface area contributed by atoms with Crippen LogP contribution in [0.1, 0.15) is 58.6 Å². The van der Waals surface area contributed by atoms with E-state index in [4.69, 9.17) is 26.1 Å². The lowest BCUT2D eigenvalue weighted by molar-refractivity contribution is -0.0592. The molecule has 2 atom stereocenters. The lowest BCUT2D eigenvalue weighted by atomic mass is 9.88. The number of aromatic nitrogens is 2. The number of piperidine rings is 1. The maximum absolute atomic E-state index is 14.7. The Hall–Kier alpha value is -3.79. The summed E-state index contributed by atoms with van der Waals surface area (Å²) in [7, 11) is 0. The first-order valence-electron chi connectivity index (χ1n) is 14.3. The van der Waals surface area contributed by atoms with Gasteiger partial charge in [0.2, 0.25) is 0 Å². The lowest BCUT2D eigenvalue weighted by Gasteiger charge is -2.34. The van der Waals surface area contributed by atoms with E-state index in [9.17, 15) is 14.3 Å². The number of hydrogen-bond donors (Lipinski definition) is 1. The van der Waals surface area contributed by atoms with Crippen LogP contribution in [0.2, 0.25) is 5.02 Å². The first-order chi connectivity index (χ1) is 20.4. The Morgan fingerprint density at radius 3 is 2.64 bits per heavy atom. The van der Waals surface area contributed by atoms with Crippen molar-refractivity contribution in [3.63, 3.8) is 0 Å². The maximum Gasteiger partial charge on any atom is 0.335 e. The second-order valence-corrected chi connectivity index (χ2v) is 11.6. The fourth-order valence-electron chi connectivity index (χ4n) is 6.14. The van der Waals surface area contributed by atoms with Crippen molar-refractivity contribution in [3.8, 4) is 5.75 Å². The molecule has 3 aliphatic heterocycles. The molecule has 10 heteroatoms. The Morgan fingerprint density at radius 1 is 1.07 bits per heavy atom. The van der Waals surface area contributed by atoms with E-state index in [-0.39, 0.29) is 17.6 Å². The average Bonchev–Trinajstić information content (AvgIpc) is 3.30. The van der Waals surface area contributed by atoms with Crippen LogP contribution in [0.5, 0.6) is 5.75 Å². The summed E-state index contributed by atoms with van der Waals surface area (Å²) < 4.78 is 28.9. The number of likely N-dealkylation sites (tertiary alicyclic amines) is 1. The zero-order valence-corrected chi connectivity index (χ0v) is 23.6. The zero-order chi connectivity index (χ0) is 28.8. The molecule has 0 saturated carbocycles. The number of hydrogen-bond acceptors (Lipinski definition) is 6.